The highest BCUT2D eigenvalue weighted by atomic mass is 127. The van der Waals surface area contributed by atoms with Crippen molar-refractivity contribution in [2.45, 2.75) is 13.3 Å². The van der Waals surface area contributed by atoms with Gasteiger partial charge in [0.1, 0.15) is 0 Å². The highest BCUT2D eigenvalue weighted by molar-refractivity contribution is 14.1. The van der Waals surface area contributed by atoms with Crippen molar-refractivity contribution in [3.05, 3.63) is 27.8 Å². The molecule has 2 nitrogen and oxygen atoms in total. The minimum atomic E-state index is 0.143. The van der Waals surface area contributed by atoms with Crippen molar-refractivity contribution < 1.29 is 4.79 Å². The maximum atomic E-state index is 11.4. The molecule has 1 aromatic rings. The van der Waals surface area contributed by atoms with Gasteiger partial charge in [-0.05, 0) is 34.7 Å². The second-order valence-electron chi connectivity index (χ2n) is 2.76. The lowest BCUT2D eigenvalue weighted by Gasteiger charge is -2.17. The summed E-state index contributed by atoms with van der Waals surface area (Å²) in [5.41, 5.74) is 0.981. The summed E-state index contributed by atoms with van der Waals surface area (Å²) >= 11 is 2.23. The predicted molar refractivity (Wildman–Crippen MR) is 62.9 cm³/mol. The van der Waals surface area contributed by atoms with Crippen LogP contribution in [0.3, 0.4) is 0 Å². The summed E-state index contributed by atoms with van der Waals surface area (Å²) in [5.74, 6) is 0.143. The molecule has 0 aromatic heterocycles. The summed E-state index contributed by atoms with van der Waals surface area (Å²) < 4.78 is 1.10. The largest absolute Gasteiger partial charge is 0.314 e. The van der Waals surface area contributed by atoms with E-state index in [-0.39, 0.29) is 5.91 Å². The standard InChI is InChI=1S/C10H12INO/c1-3-10(13)12(2)9-7-5-4-6-8(9)11/h4-7H,3H2,1-2H3. The normalized spacial score (nSPS) is 9.77. The van der Waals surface area contributed by atoms with Crippen molar-refractivity contribution in [1.82, 2.24) is 0 Å². The van der Waals surface area contributed by atoms with E-state index in [1.54, 1.807) is 4.90 Å². The van der Waals surface area contributed by atoms with Crippen molar-refractivity contribution in [1.29, 1.82) is 0 Å². The fraction of sp³-hybridized carbons (Fsp3) is 0.300. The maximum absolute atomic E-state index is 11.4. The third kappa shape index (κ3) is 2.43. The number of para-hydroxylation sites is 1. The van der Waals surface area contributed by atoms with Crippen molar-refractivity contribution >= 4 is 34.2 Å². The highest BCUT2D eigenvalue weighted by Gasteiger charge is 2.10. The van der Waals surface area contributed by atoms with E-state index in [9.17, 15) is 4.79 Å². The van der Waals surface area contributed by atoms with Gasteiger partial charge in [-0.25, -0.2) is 0 Å². The van der Waals surface area contributed by atoms with Gasteiger partial charge >= 0.3 is 0 Å². The van der Waals surface area contributed by atoms with Crippen LogP contribution >= 0.6 is 22.6 Å². The number of halogens is 1. The first-order chi connectivity index (χ1) is 6.16. The van der Waals surface area contributed by atoms with Gasteiger partial charge in [-0.1, -0.05) is 19.1 Å². The van der Waals surface area contributed by atoms with E-state index >= 15 is 0 Å². The summed E-state index contributed by atoms with van der Waals surface area (Å²) in [7, 11) is 1.81. The van der Waals surface area contributed by atoms with E-state index in [1.165, 1.54) is 0 Å². The topological polar surface area (TPSA) is 20.3 Å². The zero-order valence-corrected chi connectivity index (χ0v) is 9.91. The summed E-state index contributed by atoms with van der Waals surface area (Å²) in [6, 6.07) is 7.86. The summed E-state index contributed by atoms with van der Waals surface area (Å²) in [6.07, 6.45) is 0.543. The molecule has 1 aromatic carbocycles. The van der Waals surface area contributed by atoms with Gasteiger partial charge in [0.2, 0.25) is 5.91 Å². The highest BCUT2D eigenvalue weighted by Crippen LogP contribution is 2.21. The van der Waals surface area contributed by atoms with Crippen LogP contribution in [0.15, 0.2) is 24.3 Å². The van der Waals surface area contributed by atoms with Gasteiger partial charge in [-0.15, -0.1) is 0 Å². The maximum Gasteiger partial charge on any atom is 0.226 e. The molecule has 0 saturated heterocycles. The average Bonchev–Trinajstić information content (AvgIpc) is 2.16. The molecule has 3 heteroatoms. The second-order valence-corrected chi connectivity index (χ2v) is 3.92. The van der Waals surface area contributed by atoms with E-state index < -0.39 is 0 Å². The molecule has 0 radical (unpaired) electrons. The molecule has 0 N–H and O–H groups in total. The molecule has 70 valence electrons. The van der Waals surface area contributed by atoms with Gasteiger partial charge < -0.3 is 4.90 Å². The Bertz CT molecular complexity index is 312. The number of anilines is 1. The molecule has 0 aliphatic rings. The lowest BCUT2D eigenvalue weighted by Crippen LogP contribution is -2.25. The smallest absolute Gasteiger partial charge is 0.226 e. The third-order valence-electron chi connectivity index (χ3n) is 1.89. The number of rotatable bonds is 2. The first kappa shape index (κ1) is 10.5. The Balaban J connectivity index is 2.95. The van der Waals surface area contributed by atoms with Gasteiger partial charge in [0.15, 0.2) is 0 Å². The quantitative estimate of drug-likeness (QED) is 0.766. The minimum absolute atomic E-state index is 0.143. The molecule has 0 bridgehead atoms. The Morgan fingerprint density at radius 1 is 1.46 bits per heavy atom. The van der Waals surface area contributed by atoms with Crippen LogP contribution in [0.25, 0.3) is 0 Å². The number of hydrogen-bond acceptors (Lipinski definition) is 1. The van der Waals surface area contributed by atoms with Crippen molar-refractivity contribution in [2.75, 3.05) is 11.9 Å². The van der Waals surface area contributed by atoms with Crippen LogP contribution in [0.5, 0.6) is 0 Å². The van der Waals surface area contributed by atoms with Gasteiger partial charge in [-0.2, -0.15) is 0 Å². The second kappa shape index (κ2) is 4.60. The minimum Gasteiger partial charge on any atom is -0.314 e. The number of benzene rings is 1. The molecule has 0 saturated carbocycles. The molecular weight excluding hydrogens is 277 g/mol. The van der Waals surface area contributed by atoms with Crippen LogP contribution in [-0.4, -0.2) is 13.0 Å². The number of amides is 1. The summed E-state index contributed by atoms with van der Waals surface area (Å²) in [6.45, 7) is 1.87. The monoisotopic (exact) mass is 289 g/mol. The molecule has 0 atom stereocenters. The van der Waals surface area contributed by atoms with Gasteiger partial charge in [0.05, 0.1) is 5.69 Å². The number of carbonyl (C=O) groups excluding carboxylic acids is 1. The Hall–Kier alpha value is -0.580. The molecule has 1 amide bonds. The molecule has 0 aliphatic carbocycles. The van der Waals surface area contributed by atoms with Crippen LogP contribution < -0.4 is 4.90 Å². The third-order valence-corrected chi connectivity index (χ3v) is 2.80. The Morgan fingerprint density at radius 3 is 2.62 bits per heavy atom. The van der Waals surface area contributed by atoms with E-state index in [0.717, 1.165) is 9.26 Å². The summed E-state index contributed by atoms with van der Waals surface area (Å²) in [4.78, 5) is 13.1. The molecule has 0 fully saturated rings. The van der Waals surface area contributed by atoms with Crippen LogP contribution in [-0.2, 0) is 4.79 Å². The Morgan fingerprint density at radius 2 is 2.08 bits per heavy atom. The SMILES string of the molecule is CCC(=O)N(C)c1ccccc1I. The Kier molecular flexibility index (Phi) is 3.71. The van der Waals surface area contributed by atoms with E-state index in [2.05, 4.69) is 22.6 Å². The number of carbonyl (C=O) groups is 1. The zero-order valence-electron chi connectivity index (χ0n) is 7.75. The number of hydrogen-bond donors (Lipinski definition) is 0. The van der Waals surface area contributed by atoms with E-state index in [4.69, 9.17) is 0 Å². The molecule has 0 heterocycles. The van der Waals surface area contributed by atoms with Crippen LogP contribution in [0.4, 0.5) is 5.69 Å². The fourth-order valence-electron chi connectivity index (χ4n) is 1.10. The van der Waals surface area contributed by atoms with Gasteiger partial charge in [-0.3, -0.25) is 4.79 Å². The molecule has 0 aliphatic heterocycles. The first-order valence-electron chi connectivity index (χ1n) is 4.18. The predicted octanol–water partition coefficient (Wildman–Crippen LogP) is 2.66. The van der Waals surface area contributed by atoms with Crippen molar-refractivity contribution in [3.63, 3.8) is 0 Å². The molecule has 13 heavy (non-hydrogen) atoms. The molecular formula is C10H12INO. The van der Waals surface area contributed by atoms with Crippen molar-refractivity contribution in [3.8, 4) is 0 Å². The average molecular weight is 289 g/mol. The fourth-order valence-corrected chi connectivity index (χ4v) is 1.84. The first-order valence-corrected chi connectivity index (χ1v) is 5.25. The zero-order chi connectivity index (χ0) is 9.84. The van der Waals surface area contributed by atoms with E-state index in [1.807, 2.05) is 38.2 Å². The van der Waals surface area contributed by atoms with E-state index in [0.29, 0.717) is 6.42 Å². The lowest BCUT2D eigenvalue weighted by atomic mass is 10.3. The van der Waals surface area contributed by atoms with Gasteiger partial charge in [0, 0.05) is 17.0 Å². The van der Waals surface area contributed by atoms with Crippen LogP contribution in [0.1, 0.15) is 13.3 Å². The molecule has 1 rings (SSSR count). The summed E-state index contributed by atoms with van der Waals surface area (Å²) in [5, 5.41) is 0. The lowest BCUT2D eigenvalue weighted by molar-refractivity contribution is -0.118. The van der Waals surface area contributed by atoms with Crippen LogP contribution in [0, 0.1) is 3.57 Å². The van der Waals surface area contributed by atoms with Crippen molar-refractivity contribution in [2.24, 2.45) is 0 Å². The molecule has 0 spiro atoms. The Labute approximate surface area is 92.1 Å². The molecule has 0 unspecified atom stereocenters. The number of nitrogens with zero attached hydrogens (tertiary/aromatic N) is 1. The van der Waals surface area contributed by atoms with Gasteiger partial charge in [0.25, 0.3) is 0 Å². The van der Waals surface area contributed by atoms with Crippen LogP contribution in [0.2, 0.25) is 0 Å².